The van der Waals surface area contributed by atoms with Crippen LogP contribution in [0.5, 0.6) is 0 Å². The van der Waals surface area contributed by atoms with Gasteiger partial charge in [-0.2, -0.15) is 15.8 Å². The molecule has 0 spiro atoms. The Bertz CT molecular complexity index is 4250. The van der Waals surface area contributed by atoms with Gasteiger partial charge in [0.2, 0.25) is 0 Å². The van der Waals surface area contributed by atoms with Crippen LogP contribution < -0.4 is 0 Å². The minimum absolute atomic E-state index is 0.429. The number of nitrogens with zero attached hydrogens (tertiary/aromatic N) is 8. The molecule has 12 aromatic rings. The van der Waals surface area contributed by atoms with E-state index in [4.69, 9.17) is 18.1 Å². The number of hydrogen-bond acceptors (Lipinski definition) is 4. The lowest BCUT2D eigenvalue weighted by molar-refractivity contribution is 1.13. The van der Waals surface area contributed by atoms with Crippen molar-refractivity contribution in [1.29, 1.82) is 15.8 Å². The summed E-state index contributed by atoms with van der Waals surface area (Å²) in [6, 6.07) is 72.4. The molecule has 0 saturated heterocycles. The molecule has 0 atom stereocenters. The molecule has 12 rings (SSSR count). The molecule has 0 unspecified atom stereocenters. The van der Waals surface area contributed by atoms with Gasteiger partial charge in [0.15, 0.2) is 11.4 Å². The van der Waals surface area contributed by atoms with Crippen molar-refractivity contribution in [2.24, 2.45) is 0 Å². The van der Waals surface area contributed by atoms with Crippen LogP contribution in [0.2, 0.25) is 0 Å². The Hall–Kier alpha value is -10.8. The first-order valence-corrected chi connectivity index (χ1v) is 23.1. The molecule has 72 heavy (non-hydrogen) atoms. The Morgan fingerprint density at radius 2 is 0.750 bits per heavy atom. The number of aromatic nitrogens is 3. The monoisotopic (exact) mass is 914 g/mol. The van der Waals surface area contributed by atoms with Crippen LogP contribution in [0.1, 0.15) is 16.7 Å². The van der Waals surface area contributed by atoms with E-state index in [9.17, 15) is 15.8 Å². The van der Waals surface area contributed by atoms with Crippen molar-refractivity contribution in [1.82, 2.24) is 14.1 Å². The molecule has 0 aliphatic heterocycles. The van der Waals surface area contributed by atoms with Crippen molar-refractivity contribution >= 4 is 55.0 Å². The van der Waals surface area contributed by atoms with Crippen LogP contribution >= 0.6 is 0 Å². The zero-order chi connectivity index (χ0) is 48.9. The normalized spacial score (nSPS) is 11.0. The molecule has 9 aromatic carbocycles. The van der Waals surface area contributed by atoms with Gasteiger partial charge >= 0.3 is 0 Å². The van der Waals surface area contributed by atoms with Crippen molar-refractivity contribution in [3.8, 4) is 85.3 Å². The van der Waals surface area contributed by atoms with Crippen LogP contribution in [0.25, 0.3) is 120 Å². The Morgan fingerprint density at radius 1 is 0.375 bits per heavy atom. The zero-order valence-corrected chi connectivity index (χ0v) is 38.2. The summed E-state index contributed by atoms with van der Waals surface area (Å²) in [5.74, 6) is 0. The molecule has 0 bridgehead atoms. The molecule has 0 aliphatic rings. The summed E-state index contributed by atoms with van der Waals surface area (Å²) in [6.07, 6.45) is 1.76. The third-order valence-electron chi connectivity index (χ3n) is 13.6. The van der Waals surface area contributed by atoms with Gasteiger partial charge < -0.3 is 9.13 Å². The Balaban J connectivity index is 1.14. The highest BCUT2D eigenvalue weighted by Crippen LogP contribution is 2.45. The van der Waals surface area contributed by atoms with E-state index in [0.717, 1.165) is 99.5 Å². The molecule has 0 aliphatic carbocycles. The van der Waals surface area contributed by atoms with Crippen LogP contribution in [0.15, 0.2) is 206 Å². The second-order valence-electron chi connectivity index (χ2n) is 17.4. The van der Waals surface area contributed by atoms with E-state index in [2.05, 4.69) is 85.6 Å². The highest BCUT2D eigenvalue weighted by molar-refractivity contribution is 6.14. The second kappa shape index (κ2) is 17.4. The number of nitriles is 3. The highest BCUT2D eigenvalue weighted by Gasteiger charge is 2.25. The predicted molar refractivity (Wildman–Crippen MR) is 287 cm³/mol. The maximum absolute atomic E-state index is 11.1. The average Bonchev–Trinajstić information content (AvgIpc) is 3.95. The highest BCUT2D eigenvalue weighted by atomic mass is 15.0. The molecule has 3 heterocycles. The van der Waals surface area contributed by atoms with Crippen LogP contribution in [-0.4, -0.2) is 14.1 Å². The SMILES string of the molecule is [C-]#[N+]c1ccccc1-c1ccc2c(c1)c1cc(-c3ccccc3C#N)ccc1n2-c1cccnc1-c1c(C#N)cccc1-n1c2ccc(-c3ccccc3C#N)cc2c2cc(-c3ccccc3[N+]#[C-])ccc21. The molecule has 330 valence electrons. The molecule has 0 amide bonds. The summed E-state index contributed by atoms with van der Waals surface area (Å²) in [4.78, 5) is 12.9. The number of benzene rings is 9. The Labute approximate surface area is 414 Å². The van der Waals surface area contributed by atoms with E-state index in [1.165, 1.54) is 0 Å². The van der Waals surface area contributed by atoms with Gasteiger partial charge in [-0.25, -0.2) is 9.69 Å². The molecule has 8 nitrogen and oxygen atoms in total. The lowest BCUT2D eigenvalue weighted by Gasteiger charge is -2.19. The van der Waals surface area contributed by atoms with Gasteiger partial charge in [0.05, 0.1) is 87.2 Å². The fourth-order valence-electron chi connectivity index (χ4n) is 10.4. The summed E-state index contributed by atoms with van der Waals surface area (Å²) in [6.45, 7) is 15.9. The van der Waals surface area contributed by atoms with Crippen molar-refractivity contribution in [3.05, 3.63) is 246 Å². The summed E-state index contributed by atoms with van der Waals surface area (Å²) >= 11 is 0. The van der Waals surface area contributed by atoms with Gasteiger partial charge in [0.1, 0.15) is 0 Å². The lowest BCUT2D eigenvalue weighted by Crippen LogP contribution is -2.04. The van der Waals surface area contributed by atoms with E-state index in [-0.39, 0.29) is 0 Å². The second-order valence-corrected chi connectivity index (χ2v) is 17.4. The number of fused-ring (bicyclic) bond motifs is 6. The molecule has 0 saturated carbocycles. The minimum Gasteiger partial charge on any atom is -0.309 e. The van der Waals surface area contributed by atoms with Gasteiger partial charge in [-0.15, -0.1) is 0 Å². The van der Waals surface area contributed by atoms with E-state index in [0.29, 0.717) is 39.3 Å². The van der Waals surface area contributed by atoms with Gasteiger partial charge in [0.25, 0.3) is 0 Å². The van der Waals surface area contributed by atoms with Gasteiger partial charge in [-0.3, -0.25) is 4.98 Å². The first-order valence-electron chi connectivity index (χ1n) is 23.1. The fourth-order valence-corrected chi connectivity index (χ4v) is 10.4. The number of rotatable bonds is 7. The van der Waals surface area contributed by atoms with Gasteiger partial charge in [-0.1, -0.05) is 115 Å². The van der Waals surface area contributed by atoms with Crippen molar-refractivity contribution in [2.45, 2.75) is 0 Å². The summed E-state index contributed by atoms with van der Waals surface area (Å²) < 4.78 is 4.39. The molecule has 0 radical (unpaired) electrons. The largest absolute Gasteiger partial charge is 0.309 e. The standard InChI is InChI=1S/C64H34N8/c1-68-55-20-9-7-18-49(55)42-26-30-58-53(35-42)51-33-40(47-16-5-3-13-44(47)37-65)24-28-57(51)71(58)61-22-11-15-46(39-67)63(61)64-62(23-12-32-70-64)72-59-29-25-41(48-17-6-4-14-45(48)38-66)34-52(59)54-36-43(27-31-60(54)72)50-19-8-10-21-56(50)69-2/h3-36H. The fraction of sp³-hybridized carbons (Fsp3) is 0. The van der Waals surface area contributed by atoms with E-state index in [1.54, 1.807) is 6.20 Å². The van der Waals surface area contributed by atoms with E-state index in [1.807, 2.05) is 152 Å². The van der Waals surface area contributed by atoms with Gasteiger partial charge in [-0.05, 0) is 129 Å². The van der Waals surface area contributed by atoms with Crippen LogP contribution in [0.4, 0.5) is 11.4 Å². The summed E-state index contributed by atoms with van der Waals surface area (Å²) in [7, 11) is 0. The van der Waals surface area contributed by atoms with Crippen molar-refractivity contribution in [3.63, 3.8) is 0 Å². The van der Waals surface area contributed by atoms with Crippen LogP contribution in [-0.2, 0) is 0 Å². The number of pyridine rings is 1. The van der Waals surface area contributed by atoms with Crippen molar-refractivity contribution in [2.75, 3.05) is 0 Å². The van der Waals surface area contributed by atoms with E-state index < -0.39 is 0 Å². The molecule has 0 N–H and O–H groups in total. The smallest absolute Gasteiger partial charge is 0.194 e. The number of hydrogen-bond donors (Lipinski definition) is 0. The zero-order valence-electron chi connectivity index (χ0n) is 38.2. The number of para-hydroxylation sites is 2. The third-order valence-corrected chi connectivity index (χ3v) is 13.6. The summed E-state index contributed by atoms with van der Waals surface area (Å²) in [5.41, 5.74) is 15.7. The Kier molecular flexibility index (Phi) is 10.3. The van der Waals surface area contributed by atoms with Crippen LogP contribution in [0, 0.1) is 47.1 Å². The lowest BCUT2D eigenvalue weighted by atomic mass is 9.97. The molecule has 8 heteroatoms. The first kappa shape index (κ1) is 42.5. The van der Waals surface area contributed by atoms with E-state index >= 15 is 0 Å². The van der Waals surface area contributed by atoms with Crippen molar-refractivity contribution < 1.29 is 0 Å². The first-order chi connectivity index (χ1) is 35.5. The third kappa shape index (κ3) is 6.76. The molecule has 0 fully saturated rings. The maximum Gasteiger partial charge on any atom is 0.194 e. The molecular formula is C64H34N8. The van der Waals surface area contributed by atoms with Crippen LogP contribution in [0.3, 0.4) is 0 Å². The Morgan fingerprint density at radius 3 is 1.19 bits per heavy atom. The average molecular weight is 915 g/mol. The quantitative estimate of drug-likeness (QED) is 0.149. The molecular weight excluding hydrogens is 881 g/mol. The molecule has 3 aromatic heterocycles. The maximum atomic E-state index is 11.1. The predicted octanol–water partition coefficient (Wildman–Crippen LogP) is 16.3. The summed E-state index contributed by atoms with van der Waals surface area (Å²) in [5, 5.41) is 35.1. The van der Waals surface area contributed by atoms with Gasteiger partial charge in [0, 0.05) is 33.3 Å². The minimum atomic E-state index is 0.429. The topological polar surface area (TPSA) is 103 Å².